The number of carboxylic acid groups (broad SMARTS) is 1. The molecule has 0 saturated carbocycles. The summed E-state index contributed by atoms with van der Waals surface area (Å²) in [5.41, 5.74) is 6.85. The number of amides is 2. The number of rotatable bonds is 8. The van der Waals surface area contributed by atoms with E-state index in [0.29, 0.717) is 25.8 Å². The predicted molar refractivity (Wildman–Crippen MR) is 110 cm³/mol. The fourth-order valence-electron chi connectivity index (χ4n) is 4.54. The molecule has 4 N–H and O–H groups in total. The van der Waals surface area contributed by atoms with Crippen molar-refractivity contribution in [2.75, 3.05) is 13.1 Å². The molecule has 1 aromatic rings. The van der Waals surface area contributed by atoms with Gasteiger partial charge in [0.25, 0.3) is 0 Å². The highest BCUT2D eigenvalue weighted by atomic mass is 16.5. The second kappa shape index (κ2) is 10.1. The Hall–Kier alpha value is -2.62. The number of nitrogens with two attached hydrogens (primary N) is 1. The molecule has 0 bridgehead atoms. The quantitative estimate of drug-likeness (QED) is 0.404. The van der Waals surface area contributed by atoms with E-state index >= 15 is 0 Å². The molecule has 0 radical (unpaired) electrons. The van der Waals surface area contributed by atoms with E-state index in [4.69, 9.17) is 15.6 Å². The summed E-state index contributed by atoms with van der Waals surface area (Å²) in [6.07, 6.45) is 1.85. The second-order valence-corrected chi connectivity index (χ2v) is 8.21. The molecule has 2 saturated heterocycles. The topological polar surface area (TPSA) is 136 Å². The number of carbonyl (C=O) groups is 4. The van der Waals surface area contributed by atoms with Crippen molar-refractivity contribution >= 4 is 23.8 Å². The molecule has 2 amide bonds. The van der Waals surface area contributed by atoms with Crippen LogP contribution < -0.4 is 11.1 Å². The Balaban J connectivity index is 1.84. The Morgan fingerprint density at radius 2 is 1.90 bits per heavy atom. The van der Waals surface area contributed by atoms with Gasteiger partial charge < -0.3 is 20.9 Å². The van der Waals surface area contributed by atoms with Gasteiger partial charge in [-0.25, -0.2) is 14.4 Å². The molecule has 3 rings (SSSR count). The van der Waals surface area contributed by atoms with E-state index in [1.54, 1.807) is 0 Å². The van der Waals surface area contributed by atoms with Gasteiger partial charge in [-0.1, -0.05) is 30.3 Å². The van der Waals surface area contributed by atoms with Gasteiger partial charge in [-0.3, -0.25) is 4.79 Å². The highest BCUT2D eigenvalue weighted by Gasteiger charge is 2.60. The Labute approximate surface area is 181 Å². The highest BCUT2D eigenvalue weighted by molar-refractivity contribution is 5.94. The highest BCUT2D eigenvalue weighted by Crippen LogP contribution is 2.33. The molecule has 2 aliphatic heterocycles. The molecule has 2 fully saturated rings. The number of aliphatic carboxylic acids is 1. The molecule has 1 unspecified atom stereocenters. The van der Waals surface area contributed by atoms with E-state index in [1.165, 1.54) is 0 Å². The number of carbonyl (C=O) groups excluding carboxylic acids is 3. The van der Waals surface area contributed by atoms with Gasteiger partial charge in [0.1, 0.15) is 18.7 Å². The summed E-state index contributed by atoms with van der Waals surface area (Å²) in [7, 11) is 0. The third-order valence-corrected chi connectivity index (χ3v) is 6.15. The van der Waals surface area contributed by atoms with Crippen LogP contribution in [-0.2, 0) is 30.5 Å². The van der Waals surface area contributed by atoms with Crippen LogP contribution in [0.4, 0.5) is 0 Å². The average Bonchev–Trinajstić information content (AvgIpc) is 3.46. The zero-order valence-corrected chi connectivity index (χ0v) is 17.5. The first-order valence-corrected chi connectivity index (χ1v) is 10.7. The predicted octanol–water partition coefficient (Wildman–Crippen LogP) is 0.706. The second-order valence-electron chi connectivity index (χ2n) is 8.21. The van der Waals surface area contributed by atoms with Crippen LogP contribution in [0.25, 0.3) is 0 Å². The number of likely N-dealkylation sites (tertiary alicyclic amines) is 1. The zero-order chi connectivity index (χ0) is 22.4. The fourth-order valence-corrected chi connectivity index (χ4v) is 4.54. The average molecular weight is 432 g/mol. The van der Waals surface area contributed by atoms with Crippen molar-refractivity contribution in [3.05, 3.63) is 35.9 Å². The zero-order valence-electron chi connectivity index (χ0n) is 17.5. The summed E-state index contributed by atoms with van der Waals surface area (Å²) < 4.78 is 4.81. The SMILES string of the molecule is N[C@@H](CCC(=O)O)C(=O)[N+]1(C(=O)[C@@H]2CCCN2)CCC[C@H]1C(=O)OCc1ccccc1. The Bertz CT molecular complexity index is 824. The molecule has 9 nitrogen and oxygen atoms in total. The summed E-state index contributed by atoms with van der Waals surface area (Å²) in [5.74, 6) is -2.64. The Kier molecular flexibility index (Phi) is 7.53. The molecular weight excluding hydrogens is 402 g/mol. The number of ether oxygens (including phenoxy) is 1. The molecule has 4 atom stereocenters. The van der Waals surface area contributed by atoms with Crippen LogP contribution >= 0.6 is 0 Å². The van der Waals surface area contributed by atoms with Gasteiger partial charge in [-0.2, -0.15) is 4.48 Å². The molecule has 0 spiro atoms. The largest absolute Gasteiger partial charge is 0.481 e. The van der Waals surface area contributed by atoms with Crippen LogP contribution in [-0.4, -0.2) is 64.6 Å². The van der Waals surface area contributed by atoms with E-state index in [0.717, 1.165) is 12.0 Å². The van der Waals surface area contributed by atoms with Gasteiger partial charge >= 0.3 is 23.8 Å². The maximum absolute atomic E-state index is 13.6. The van der Waals surface area contributed by atoms with E-state index in [2.05, 4.69) is 5.32 Å². The standard InChI is InChI=1S/C22H29N3O6/c23-16(10-11-19(26)27)20(28)25(21(29)17-8-4-12-24-17)13-5-9-18(25)22(30)31-14-15-6-2-1-3-7-15/h1-3,6-7,16-18,24H,4-5,8-14,23H2/p+1/t16-,17-,18-,25?/m0/s1. The smallest absolute Gasteiger partial charge is 0.366 e. The lowest BCUT2D eigenvalue weighted by atomic mass is 10.0. The van der Waals surface area contributed by atoms with Crippen molar-refractivity contribution in [3.63, 3.8) is 0 Å². The molecular formula is C22H30N3O6+. The van der Waals surface area contributed by atoms with Gasteiger partial charge in [0.05, 0.1) is 6.54 Å². The molecule has 168 valence electrons. The van der Waals surface area contributed by atoms with Crippen molar-refractivity contribution in [1.29, 1.82) is 0 Å². The third-order valence-electron chi connectivity index (χ3n) is 6.15. The molecule has 9 heteroatoms. The Morgan fingerprint density at radius 3 is 2.55 bits per heavy atom. The van der Waals surface area contributed by atoms with Gasteiger partial charge in [0, 0.05) is 19.3 Å². The first-order chi connectivity index (χ1) is 14.9. The molecule has 0 aromatic heterocycles. The minimum absolute atomic E-state index is 0.0469. The summed E-state index contributed by atoms with van der Waals surface area (Å²) in [6, 6.07) is 6.52. The minimum Gasteiger partial charge on any atom is -0.481 e. The number of imide groups is 1. The van der Waals surface area contributed by atoms with Crippen molar-refractivity contribution in [3.8, 4) is 0 Å². The summed E-state index contributed by atoms with van der Waals surface area (Å²) >= 11 is 0. The minimum atomic E-state index is -1.15. The van der Waals surface area contributed by atoms with E-state index in [9.17, 15) is 19.2 Å². The number of nitrogens with one attached hydrogen (secondary N) is 1. The van der Waals surface area contributed by atoms with Gasteiger partial charge in [-0.15, -0.1) is 0 Å². The van der Waals surface area contributed by atoms with Crippen molar-refractivity contribution in [1.82, 2.24) is 5.32 Å². The van der Waals surface area contributed by atoms with E-state index in [-0.39, 0.29) is 31.9 Å². The normalized spacial score (nSPS) is 26.4. The summed E-state index contributed by atoms with van der Waals surface area (Å²) in [6.45, 7) is 0.881. The number of nitrogens with zero attached hydrogens (tertiary/aromatic N) is 1. The number of hydrogen-bond donors (Lipinski definition) is 3. The van der Waals surface area contributed by atoms with Crippen LogP contribution in [0.5, 0.6) is 0 Å². The number of quaternary nitrogens is 1. The maximum atomic E-state index is 13.6. The van der Waals surface area contributed by atoms with Crippen LogP contribution in [0.2, 0.25) is 0 Å². The van der Waals surface area contributed by atoms with Crippen LogP contribution in [0, 0.1) is 0 Å². The van der Waals surface area contributed by atoms with Crippen LogP contribution in [0.1, 0.15) is 44.1 Å². The first-order valence-electron chi connectivity index (χ1n) is 10.7. The van der Waals surface area contributed by atoms with Crippen LogP contribution in [0.3, 0.4) is 0 Å². The van der Waals surface area contributed by atoms with Gasteiger partial charge in [-0.05, 0) is 31.4 Å². The number of hydrogen-bond acceptors (Lipinski definition) is 7. The molecule has 2 aliphatic rings. The van der Waals surface area contributed by atoms with Gasteiger partial charge in [0.15, 0.2) is 0 Å². The maximum Gasteiger partial charge on any atom is 0.366 e. The number of esters is 1. The Morgan fingerprint density at radius 1 is 1.16 bits per heavy atom. The lowest BCUT2D eigenvalue weighted by Crippen LogP contribution is -2.69. The van der Waals surface area contributed by atoms with E-state index in [1.807, 2.05) is 30.3 Å². The molecule has 1 aromatic carbocycles. The van der Waals surface area contributed by atoms with Crippen molar-refractivity contribution in [2.45, 2.75) is 63.3 Å². The van der Waals surface area contributed by atoms with Crippen molar-refractivity contribution in [2.24, 2.45) is 5.73 Å². The number of benzene rings is 1. The lowest BCUT2D eigenvalue weighted by molar-refractivity contribution is -0.784. The molecule has 0 aliphatic carbocycles. The molecule has 2 heterocycles. The fraction of sp³-hybridized carbons (Fsp3) is 0.545. The third kappa shape index (κ3) is 5.00. The summed E-state index contributed by atoms with van der Waals surface area (Å²) in [4.78, 5) is 51.0. The van der Waals surface area contributed by atoms with Crippen molar-refractivity contribution < 1.29 is 33.5 Å². The molecule has 31 heavy (non-hydrogen) atoms. The van der Waals surface area contributed by atoms with Crippen LogP contribution in [0.15, 0.2) is 30.3 Å². The lowest BCUT2D eigenvalue weighted by Gasteiger charge is -2.36. The number of carboxylic acids is 1. The van der Waals surface area contributed by atoms with Gasteiger partial charge in [0.2, 0.25) is 6.04 Å². The van der Waals surface area contributed by atoms with E-state index < -0.39 is 40.5 Å². The summed E-state index contributed by atoms with van der Waals surface area (Å²) in [5, 5.41) is 12.1. The monoisotopic (exact) mass is 432 g/mol. The first kappa shape index (κ1) is 23.1.